The SMILES string of the molecule is C=CCN1C(=O)NC(C)C(Cc2nnc(SCC(=O)Nc3ccc(CC)cc3)o2)C1=O. The summed E-state index contributed by atoms with van der Waals surface area (Å²) in [5, 5.41) is 13.7. The fraction of sp³-hybridized carbons (Fsp3) is 0.381. The lowest BCUT2D eigenvalue weighted by Crippen LogP contribution is -2.59. The molecule has 0 spiro atoms. The highest BCUT2D eigenvalue weighted by atomic mass is 32.2. The Hall–Kier alpha value is -3.14. The first-order chi connectivity index (χ1) is 14.9. The summed E-state index contributed by atoms with van der Waals surface area (Å²) in [4.78, 5) is 37.9. The Bertz CT molecular complexity index is 959. The van der Waals surface area contributed by atoms with Crippen molar-refractivity contribution < 1.29 is 18.8 Å². The quantitative estimate of drug-likeness (QED) is 0.452. The number of carbonyl (C=O) groups is 3. The van der Waals surface area contributed by atoms with Crippen molar-refractivity contribution in [3.8, 4) is 0 Å². The summed E-state index contributed by atoms with van der Waals surface area (Å²) in [5.74, 6) is -0.632. The smallest absolute Gasteiger partial charge is 0.324 e. The van der Waals surface area contributed by atoms with Gasteiger partial charge in [0, 0.05) is 24.7 Å². The molecule has 4 amide bonds. The van der Waals surface area contributed by atoms with Crippen molar-refractivity contribution in [1.29, 1.82) is 0 Å². The molecule has 0 radical (unpaired) electrons. The van der Waals surface area contributed by atoms with Gasteiger partial charge in [0.1, 0.15) is 0 Å². The lowest BCUT2D eigenvalue weighted by molar-refractivity contribution is -0.134. The third kappa shape index (κ3) is 5.72. The molecule has 2 heterocycles. The molecular formula is C21H25N5O4S. The number of thioether (sulfide) groups is 1. The van der Waals surface area contributed by atoms with Crippen LogP contribution in [0.1, 0.15) is 25.3 Å². The van der Waals surface area contributed by atoms with Gasteiger partial charge in [-0.3, -0.25) is 14.5 Å². The third-order valence-corrected chi connectivity index (χ3v) is 5.73. The average Bonchev–Trinajstić information content (AvgIpc) is 3.21. The second kappa shape index (κ2) is 10.3. The molecule has 1 fully saturated rings. The number of benzene rings is 1. The van der Waals surface area contributed by atoms with Gasteiger partial charge in [-0.1, -0.05) is 36.9 Å². The maximum atomic E-state index is 12.6. The number of aryl methyl sites for hydroxylation is 1. The van der Waals surface area contributed by atoms with Crippen molar-refractivity contribution in [1.82, 2.24) is 20.4 Å². The molecule has 0 aliphatic carbocycles. The number of hydrogen-bond acceptors (Lipinski definition) is 7. The molecule has 3 rings (SSSR count). The van der Waals surface area contributed by atoms with Crippen LogP contribution >= 0.6 is 11.8 Å². The number of hydrogen-bond donors (Lipinski definition) is 2. The molecule has 1 aromatic carbocycles. The summed E-state index contributed by atoms with van der Waals surface area (Å²) in [6, 6.07) is 6.87. The van der Waals surface area contributed by atoms with E-state index in [2.05, 4.69) is 34.3 Å². The van der Waals surface area contributed by atoms with Gasteiger partial charge in [0.2, 0.25) is 17.7 Å². The molecule has 164 valence electrons. The van der Waals surface area contributed by atoms with Crippen LogP contribution in [0.25, 0.3) is 0 Å². The Kier molecular flexibility index (Phi) is 7.45. The first-order valence-corrected chi connectivity index (χ1v) is 11.0. The van der Waals surface area contributed by atoms with Gasteiger partial charge in [-0.25, -0.2) is 4.79 Å². The minimum absolute atomic E-state index is 0.110. The molecule has 9 nitrogen and oxygen atoms in total. The minimum atomic E-state index is -0.523. The molecule has 1 aromatic heterocycles. The maximum Gasteiger partial charge on any atom is 0.324 e. The second-order valence-corrected chi connectivity index (χ2v) is 8.06. The highest BCUT2D eigenvalue weighted by Gasteiger charge is 2.39. The highest BCUT2D eigenvalue weighted by molar-refractivity contribution is 7.99. The van der Waals surface area contributed by atoms with Crippen LogP contribution in [0.3, 0.4) is 0 Å². The second-order valence-electron chi connectivity index (χ2n) is 7.14. The Morgan fingerprint density at radius 3 is 2.74 bits per heavy atom. The van der Waals surface area contributed by atoms with E-state index in [-0.39, 0.29) is 47.7 Å². The van der Waals surface area contributed by atoms with Crippen molar-refractivity contribution in [2.45, 2.75) is 38.0 Å². The van der Waals surface area contributed by atoms with E-state index in [9.17, 15) is 14.4 Å². The van der Waals surface area contributed by atoms with Gasteiger partial charge in [0.25, 0.3) is 5.22 Å². The van der Waals surface area contributed by atoms with E-state index in [1.54, 1.807) is 6.92 Å². The zero-order chi connectivity index (χ0) is 22.4. The van der Waals surface area contributed by atoms with E-state index in [1.165, 1.54) is 11.6 Å². The first kappa shape index (κ1) is 22.5. The van der Waals surface area contributed by atoms with E-state index >= 15 is 0 Å². The Labute approximate surface area is 184 Å². The summed E-state index contributed by atoms with van der Waals surface area (Å²) in [5.41, 5.74) is 1.92. The predicted molar refractivity (Wildman–Crippen MR) is 117 cm³/mol. The highest BCUT2D eigenvalue weighted by Crippen LogP contribution is 2.22. The summed E-state index contributed by atoms with van der Waals surface area (Å²) in [7, 11) is 0. The van der Waals surface area contributed by atoms with Gasteiger partial charge in [-0.05, 0) is 31.0 Å². The number of nitrogens with zero attached hydrogens (tertiary/aromatic N) is 3. The van der Waals surface area contributed by atoms with Crippen LogP contribution in [-0.2, 0) is 22.4 Å². The van der Waals surface area contributed by atoms with E-state index < -0.39 is 11.9 Å². The van der Waals surface area contributed by atoms with Crippen LogP contribution in [0.15, 0.2) is 46.6 Å². The van der Waals surface area contributed by atoms with Crippen molar-refractivity contribution in [3.05, 3.63) is 48.4 Å². The molecule has 10 heteroatoms. The lowest BCUT2D eigenvalue weighted by Gasteiger charge is -2.34. The molecule has 2 atom stereocenters. The fourth-order valence-electron chi connectivity index (χ4n) is 3.17. The lowest BCUT2D eigenvalue weighted by atomic mass is 9.93. The molecule has 1 saturated heterocycles. The number of anilines is 1. The zero-order valence-corrected chi connectivity index (χ0v) is 18.3. The summed E-state index contributed by atoms with van der Waals surface area (Å²) in [6.07, 6.45) is 2.63. The van der Waals surface area contributed by atoms with Gasteiger partial charge in [0.15, 0.2) is 0 Å². The first-order valence-electron chi connectivity index (χ1n) is 9.98. The molecule has 2 N–H and O–H groups in total. The standard InChI is InChI=1S/C21H25N5O4S/c1-4-10-26-19(28)16(13(3)22-20(26)29)11-18-24-25-21(30-18)31-12-17(27)23-15-8-6-14(5-2)7-9-15/h4,6-9,13,16H,1,5,10-12H2,2-3H3,(H,22,29)(H,23,27). The van der Waals surface area contributed by atoms with E-state index in [1.807, 2.05) is 24.3 Å². The minimum Gasteiger partial charge on any atom is -0.416 e. The summed E-state index contributed by atoms with van der Waals surface area (Å²) in [6.45, 7) is 7.54. The Morgan fingerprint density at radius 2 is 2.06 bits per heavy atom. The van der Waals surface area contributed by atoms with E-state index in [0.29, 0.717) is 0 Å². The predicted octanol–water partition coefficient (Wildman–Crippen LogP) is 2.65. The number of aromatic nitrogens is 2. The Balaban J connectivity index is 1.53. The molecule has 2 aromatic rings. The summed E-state index contributed by atoms with van der Waals surface area (Å²) < 4.78 is 5.59. The molecular weight excluding hydrogens is 418 g/mol. The van der Waals surface area contributed by atoms with Gasteiger partial charge in [0.05, 0.1) is 11.7 Å². The topological polar surface area (TPSA) is 117 Å². The van der Waals surface area contributed by atoms with Crippen LogP contribution < -0.4 is 10.6 Å². The molecule has 1 aliphatic rings. The van der Waals surface area contributed by atoms with Gasteiger partial charge in [-0.2, -0.15) is 0 Å². The molecule has 2 unspecified atom stereocenters. The Morgan fingerprint density at radius 1 is 1.32 bits per heavy atom. The van der Waals surface area contributed by atoms with Gasteiger partial charge < -0.3 is 15.1 Å². The largest absolute Gasteiger partial charge is 0.416 e. The van der Waals surface area contributed by atoms with Crippen molar-refractivity contribution >= 4 is 35.3 Å². The number of nitrogens with one attached hydrogen (secondary N) is 2. The molecule has 0 bridgehead atoms. The number of rotatable bonds is 9. The molecule has 31 heavy (non-hydrogen) atoms. The number of carbonyl (C=O) groups excluding carboxylic acids is 3. The van der Waals surface area contributed by atoms with Crippen LogP contribution in [0, 0.1) is 5.92 Å². The van der Waals surface area contributed by atoms with Gasteiger partial charge in [-0.15, -0.1) is 16.8 Å². The monoisotopic (exact) mass is 443 g/mol. The van der Waals surface area contributed by atoms with Crippen LogP contribution in [0.2, 0.25) is 0 Å². The zero-order valence-electron chi connectivity index (χ0n) is 17.5. The number of imide groups is 1. The molecule has 0 saturated carbocycles. The average molecular weight is 444 g/mol. The van der Waals surface area contributed by atoms with Crippen molar-refractivity contribution in [3.63, 3.8) is 0 Å². The van der Waals surface area contributed by atoms with Crippen molar-refractivity contribution in [2.75, 3.05) is 17.6 Å². The molecule has 1 aliphatic heterocycles. The van der Waals surface area contributed by atoms with Crippen molar-refractivity contribution in [2.24, 2.45) is 5.92 Å². The van der Waals surface area contributed by atoms with Crippen LogP contribution in [0.4, 0.5) is 10.5 Å². The number of amides is 4. The summed E-state index contributed by atoms with van der Waals surface area (Å²) >= 11 is 1.12. The third-order valence-electron chi connectivity index (χ3n) is 4.91. The van der Waals surface area contributed by atoms with Crippen LogP contribution in [0.5, 0.6) is 0 Å². The van der Waals surface area contributed by atoms with E-state index in [0.717, 1.165) is 28.8 Å². The maximum absolute atomic E-state index is 12.6. The number of urea groups is 1. The van der Waals surface area contributed by atoms with Gasteiger partial charge >= 0.3 is 6.03 Å². The fourth-order valence-corrected chi connectivity index (χ4v) is 3.75. The van der Waals surface area contributed by atoms with E-state index in [4.69, 9.17) is 4.42 Å². The van der Waals surface area contributed by atoms with Crippen LogP contribution in [-0.4, -0.2) is 51.3 Å². The normalized spacial score (nSPS) is 18.6.